The van der Waals surface area contributed by atoms with Gasteiger partial charge >= 0.3 is 5.69 Å². The van der Waals surface area contributed by atoms with E-state index < -0.39 is 0 Å². The summed E-state index contributed by atoms with van der Waals surface area (Å²) >= 11 is 0. The normalized spacial score (nSPS) is 11.1. The third-order valence-corrected chi connectivity index (χ3v) is 4.60. The van der Waals surface area contributed by atoms with Crippen LogP contribution in [-0.4, -0.2) is 25.5 Å². The van der Waals surface area contributed by atoms with Gasteiger partial charge in [0.25, 0.3) is 0 Å². The zero-order valence-corrected chi connectivity index (χ0v) is 15.8. The first-order valence-corrected chi connectivity index (χ1v) is 9.22. The minimum Gasteiger partial charge on any atom is -0.508 e. The molecular weight excluding hydrogens is 380 g/mol. The van der Waals surface area contributed by atoms with Gasteiger partial charge in [-0.3, -0.25) is 9.36 Å². The lowest BCUT2D eigenvalue weighted by Crippen LogP contribution is -2.14. The highest BCUT2D eigenvalue weighted by molar-refractivity contribution is 6.07. The van der Waals surface area contributed by atoms with Gasteiger partial charge in [-0.2, -0.15) is 0 Å². The van der Waals surface area contributed by atoms with Crippen molar-refractivity contribution in [2.45, 2.75) is 0 Å². The van der Waals surface area contributed by atoms with E-state index in [0.29, 0.717) is 22.5 Å². The van der Waals surface area contributed by atoms with Crippen molar-refractivity contribution < 1.29 is 15.0 Å². The highest BCUT2D eigenvalue weighted by atomic mass is 16.3. The van der Waals surface area contributed by atoms with Gasteiger partial charge in [-0.05, 0) is 65.7 Å². The Labute approximate surface area is 172 Å². The van der Waals surface area contributed by atoms with Gasteiger partial charge in [0, 0.05) is 11.8 Å². The van der Waals surface area contributed by atoms with Crippen LogP contribution in [0.5, 0.6) is 11.5 Å². The first kappa shape index (κ1) is 19.0. The number of aromatic nitrogens is 2. The molecular formula is C24H18N2O4. The SMILES string of the molecule is O=C(/C=C/c1cccc(O)c1)c1cccc(-n2cc(-c3ccc(O)cc3)[nH]c2=O)c1. The van der Waals surface area contributed by atoms with Crippen molar-refractivity contribution in [1.29, 1.82) is 0 Å². The highest BCUT2D eigenvalue weighted by Crippen LogP contribution is 2.20. The number of imidazole rings is 1. The van der Waals surface area contributed by atoms with Crippen LogP contribution in [0.1, 0.15) is 15.9 Å². The van der Waals surface area contributed by atoms with Gasteiger partial charge in [0.05, 0.1) is 11.4 Å². The first-order chi connectivity index (χ1) is 14.5. The number of H-pyrrole nitrogens is 1. The molecule has 1 aromatic heterocycles. The second-order valence-corrected chi connectivity index (χ2v) is 6.73. The number of hydrogen-bond acceptors (Lipinski definition) is 4. The summed E-state index contributed by atoms with van der Waals surface area (Å²) in [4.78, 5) is 27.8. The number of nitrogens with one attached hydrogen (secondary N) is 1. The molecule has 148 valence electrons. The van der Waals surface area contributed by atoms with Gasteiger partial charge in [-0.15, -0.1) is 0 Å². The number of carbonyl (C=O) groups is 1. The van der Waals surface area contributed by atoms with Crippen molar-refractivity contribution in [3.8, 4) is 28.4 Å². The molecule has 0 unspecified atom stereocenters. The fourth-order valence-corrected chi connectivity index (χ4v) is 3.08. The molecule has 0 fully saturated rings. The lowest BCUT2D eigenvalue weighted by atomic mass is 10.1. The molecule has 1 heterocycles. The van der Waals surface area contributed by atoms with Crippen molar-refractivity contribution in [1.82, 2.24) is 9.55 Å². The van der Waals surface area contributed by atoms with Gasteiger partial charge in [0.15, 0.2) is 5.78 Å². The number of aromatic amines is 1. The van der Waals surface area contributed by atoms with Gasteiger partial charge in [0.2, 0.25) is 0 Å². The Morgan fingerprint density at radius 1 is 0.900 bits per heavy atom. The summed E-state index contributed by atoms with van der Waals surface area (Å²) in [6.07, 6.45) is 4.71. The van der Waals surface area contributed by atoms with Crippen LogP contribution in [0.2, 0.25) is 0 Å². The van der Waals surface area contributed by atoms with E-state index >= 15 is 0 Å². The van der Waals surface area contributed by atoms with Crippen LogP contribution in [0.3, 0.4) is 0 Å². The summed E-state index contributed by atoms with van der Waals surface area (Å²) in [6.45, 7) is 0. The number of benzene rings is 3. The second kappa shape index (κ2) is 7.97. The maximum Gasteiger partial charge on any atom is 0.330 e. The molecule has 6 heteroatoms. The van der Waals surface area contributed by atoms with Gasteiger partial charge in [0.1, 0.15) is 11.5 Å². The van der Waals surface area contributed by atoms with Crippen molar-refractivity contribution >= 4 is 11.9 Å². The molecule has 0 bridgehead atoms. The standard InChI is InChI=1S/C24H18N2O4/c27-20-10-8-17(9-11-20)22-15-26(24(30)25-22)19-5-2-4-18(14-19)23(29)12-7-16-3-1-6-21(28)13-16/h1-15,27-28H,(H,25,30)/b12-7+. The van der Waals surface area contributed by atoms with Crippen LogP contribution in [-0.2, 0) is 0 Å². The van der Waals surface area contributed by atoms with Crippen molar-refractivity contribution in [3.05, 3.63) is 107 Å². The molecule has 3 aromatic carbocycles. The highest BCUT2D eigenvalue weighted by Gasteiger charge is 2.09. The van der Waals surface area contributed by atoms with Crippen LogP contribution in [0.15, 0.2) is 89.9 Å². The Hall–Kier alpha value is -4.32. The fraction of sp³-hybridized carbons (Fsp3) is 0. The number of rotatable bonds is 5. The molecule has 0 atom stereocenters. The minimum absolute atomic E-state index is 0.128. The Balaban J connectivity index is 1.61. The zero-order chi connectivity index (χ0) is 21.1. The van der Waals surface area contributed by atoms with Crippen LogP contribution in [0.4, 0.5) is 0 Å². The molecule has 0 spiro atoms. The lowest BCUT2D eigenvalue weighted by molar-refractivity contribution is 0.104. The average Bonchev–Trinajstić information content (AvgIpc) is 3.14. The van der Waals surface area contributed by atoms with Gasteiger partial charge < -0.3 is 15.2 Å². The zero-order valence-electron chi connectivity index (χ0n) is 15.8. The Bertz CT molecular complexity index is 1300. The number of carbonyl (C=O) groups excluding carboxylic acids is 1. The number of nitrogens with zero attached hydrogens (tertiary/aromatic N) is 1. The third-order valence-electron chi connectivity index (χ3n) is 4.60. The molecule has 0 aliphatic heterocycles. The van der Waals surface area contributed by atoms with Crippen LogP contribution in [0.25, 0.3) is 23.0 Å². The molecule has 0 saturated carbocycles. The van der Waals surface area contributed by atoms with Crippen LogP contribution in [0, 0.1) is 0 Å². The number of allylic oxidation sites excluding steroid dienone is 1. The molecule has 30 heavy (non-hydrogen) atoms. The molecule has 6 nitrogen and oxygen atoms in total. The van der Waals surface area contributed by atoms with Crippen molar-refractivity contribution in [2.24, 2.45) is 0 Å². The lowest BCUT2D eigenvalue weighted by Gasteiger charge is -2.03. The molecule has 0 saturated heterocycles. The molecule has 0 amide bonds. The molecule has 0 radical (unpaired) electrons. The van der Waals surface area contributed by atoms with E-state index in [1.807, 2.05) is 0 Å². The Kier molecular flexibility index (Phi) is 5.05. The quantitative estimate of drug-likeness (QED) is 0.348. The second-order valence-electron chi connectivity index (χ2n) is 6.73. The molecule has 3 N–H and O–H groups in total. The van der Waals surface area contributed by atoms with Crippen molar-refractivity contribution in [2.75, 3.05) is 0 Å². The van der Waals surface area contributed by atoms with Crippen molar-refractivity contribution in [3.63, 3.8) is 0 Å². The van der Waals surface area contributed by atoms with E-state index in [-0.39, 0.29) is 23.0 Å². The minimum atomic E-state index is -0.335. The number of ketones is 1. The molecule has 4 aromatic rings. The summed E-state index contributed by atoms with van der Waals surface area (Å²) in [5.74, 6) is 0.0518. The van der Waals surface area contributed by atoms with E-state index in [4.69, 9.17) is 0 Å². The van der Waals surface area contributed by atoms with E-state index in [0.717, 1.165) is 5.56 Å². The molecule has 0 aliphatic carbocycles. The number of aromatic hydroxyl groups is 2. The summed E-state index contributed by atoms with van der Waals surface area (Å²) in [6, 6.07) is 19.9. The first-order valence-electron chi connectivity index (χ1n) is 9.22. The summed E-state index contributed by atoms with van der Waals surface area (Å²) in [7, 11) is 0. The topological polar surface area (TPSA) is 95.3 Å². The molecule has 4 rings (SSSR count). The van der Waals surface area contributed by atoms with E-state index in [2.05, 4.69) is 4.98 Å². The number of phenolic OH excluding ortho intramolecular Hbond substituents is 2. The Morgan fingerprint density at radius 3 is 2.43 bits per heavy atom. The smallest absolute Gasteiger partial charge is 0.330 e. The maximum absolute atomic E-state index is 12.6. The van der Waals surface area contributed by atoms with Crippen LogP contribution < -0.4 is 5.69 Å². The summed E-state index contributed by atoms with van der Waals surface area (Å²) in [5.41, 5.74) is 2.71. The monoisotopic (exact) mass is 398 g/mol. The van der Waals surface area contributed by atoms with E-state index in [1.54, 1.807) is 85.1 Å². The van der Waals surface area contributed by atoms with Gasteiger partial charge in [-0.25, -0.2) is 4.79 Å². The average molecular weight is 398 g/mol. The molecule has 0 aliphatic rings. The Morgan fingerprint density at radius 2 is 1.67 bits per heavy atom. The third kappa shape index (κ3) is 4.07. The maximum atomic E-state index is 12.6. The van der Waals surface area contributed by atoms with Gasteiger partial charge in [-0.1, -0.05) is 30.3 Å². The number of phenols is 2. The number of hydrogen-bond donors (Lipinski definition) is 3. The van der Waals surface area contributed by atoms with E-state index in [1.165, 1.54) is 10.6 Å². The fourth-order valence-electron chi connectivity index (χ4n) is 3.08. The predicted octanol–water partition coefficient (Wildman–Crippen LogP) is 4.14. The van der Waals surface area contributed by atoms with Crippen LogP contribution >= 0.6 is 0 Å². The van der Waals surface area contributed by atoms with E-state index in [9.17, 15) is 19.8 Å². The summed E-state index contributed by atoms with van der Waals surface area (Å²) in [5, 5.41) is 18.9. The summed E-state index contributed by atoms with van der Waals surface area (Å²) < 4.78 is 1.43. The predicted molar refractivity (Wildman–Crippen MR) is 115 cm³/mol. The largest absolute Gasteiger partial charge is 0.508 e.